The minimum atomic E-state index is -1.06. The van der Waals surface area contributed by atoms with Crippen LogP contribution in [0.15, 0.2) is 18.6 Å². The van der Waals surface area contributed by atoms with Crippen LogP contribution in [0.4, 0.5) is 0 Å². The Balaban J connectivity index is 2.05. The Bertz CT molecular complexity index is 588. The lowest BCUT2D eigenvalue weighted by atomic mass is 10.1. The molecule has 0 aliphatic heterocycles. The van der Waals surface area contributed by atoms with Crippen LogP contribution in [0.5, 0.6) is 0 Å². The number of carbonyl (C=O) groups is 1. The number of hydrogen-bond acceptors (Lipinski definition) is 4. The van der Waals surface area contributed by atoms with Gasteiger partial charge >= 0.3 is 5.97 Å². The standard InChI is InChI=1S/C11H12N4O2/c12-9(11(16)17)6-3-8-10(13-4-6)15(5-14-8)7-1-2-7/h3-5,7,9H,1-2,12H2,(H,16,17). The molecule has 1 unspecified atom stereocenters. The molecule has 1 aliphatic rings. The van der Waals surface area contributed by atoms with Crippen molar-refractivity contribution in [1.82, 2.24) is 14.5 Å². The maximum atomic E-state index is 10.8. The van der Waals surface area contributed by atoms with Gasteiger partial charge in [0.1, 0.15) is 11.6 Å². The first kappa shape index (κ1) is 10.2. The molecular weight excluding hydrogens is 220 g/mol. The molecule has 0 bridgehead atoms. The number of hydrogen-bond donors (Lipinski definition) is 2. The lowest BCUT2D eigenvalue weighted by molar-refractivity contribution is -0.138. The highest BCUT2D eigenvalue weighted by molar-refractivity contribution is 5.78. The molecule has 6 heteroatoms. The summed E-state index contributed by atoms with van der Waals surface area (Å²) in [4.78, 5) is 19.3. The minimum absolute atomic E-state index is 0.478. The summed E-state index contributed by atoms with van der Waals surface area (Å²) in [5.41, 5.74) is 7.51. The van der Waals surface area contributed by atoms with E-state index in [-0.39, 0.29) is 0 Å². The van der Waals surface area contributed by atoms with Crippen LogP contribution in [0, 0.1) is 0 Å². The fourth-order valence-electron chi connectivity index (χ4n) is 1.87. The molecule has 0 aromatic carbocycles. The van der Waals surface area contributed by atoms with Gasteiger partial charge in [-0.05, 0) is 18.9 Å². The molecule has 0 amide bonds. The fourth-order valence-corrected chi connectivity index (χ4v) is 1.87. The van der Waals surface area contributed by atoms with Crippen LogP contribution in [-0.2, 0) is 4.79 Å². The first-order valence-electron chi connectivity index (χ1n) is 5.47. The number of nitrogens with zero attached hydrogens (tertiary/aromatic N) is 3. The average molecular weight is 232 g/mol. The Morgan fingerprint density at radius 3 is 2.94 bits per heavy atom. The molecule has 0 spiro atoms. The van der Waals surface area contributed by atoms with Crippen molar-refractivity contribution in [2.75, 3.05) is 0 Å². The zero-order valence-electron chi connectivity index (χ0n) is 9.08. The lowest BCUT2D eigenvalue weighted by Crippen LogP contribution is -2.20. The van der Waals surface area contributed by atoms with E-state index in [0.717, 1.165) is 18.5 Å². The second-order valence-electron chi connectivity index (χ2n) is 4.31. The van der Waals surface area contributed by atoms with E-state index >= 15 is 0 Å². The van der Waals surface area contributed by atoms with Crippen molar-refractivity contribution in [3.63, 3.8) is 0 Å². The zero-order valence-corrected chi connectivity index (χ0v) is 9.08. The van der Waals surface area contributed by atoms with E-state index < -0.39 is 12.0 Å². The van der Waals surface area contributed by atoms with Crippen LogP contribution in [0.2, 0.25) is 0 Å². The molecule has 17 heavy (non-hydrogen) atoms. The third-order valence-corrected chi connectivity index (χ3v) is 3.00. The number of nitrogens with two attached hydrogens (primary N) is 1. The fraction of sp³-hybridized carbons (Fsp3) is 0.364. The molecule has 1 aliphatic carbocycles. The van der Waals surface area contributed by atoms with Gasteiger partial charge in [0, 0.05) is 17.8 Å². The molecule has 1 saturated carbocycles. The van der Waals surface area contributed by atoms with Gasteiger partial charge in [-0.3, -0.25) is 4.79 Å². The summed E-state index contributed by atoms with van der Waals surface area (Å²) in [6.45, 7) is 0. The third kappa shape index (κ3) is 1.66. The first-order valence-corrected chi connectivity index (χ1v) is 5.47. The molecular formula is C11H12N4O2. The van der Waals surface area contributed by atoms with Crippen LogP contribution in [0.1, 0.15) is 30.5 Å². The zero-order chi connectivity index (χ0) is 12.0. The SMILES string of the molecule is NC(C(=O)O)c1cnc2c(c1)ncn2C1CC1. The number of aromatic nitrogens is 3. The van der Waals surface area contributed by atoms with E-state index in [1.807, 2.05) is 4.57 Å². The van der Waals surface area contributed by atoms with E-state index in [0.29, 0.717) is 17.1 Å². The molecule has 88 valence electrons. The average Bonchev–Trinajstić information content (AvgIpc) is 3.07. The summed E-state index contributed by atoms with van der Waals surface area (Å²) >= 11 is 0. The van der Waals surface area contributed by atoms with Crippen molar-refractivity contribution < 1.29 is 9.90 Å². The first-order chi connectivity index (χ1) is 8.16. The normalized spacial score (nSPS) is 17.2. The van der Waals surface area contributed by atoms with Crippen LogP contribution in [0.25, 0.3) is 11.2 Å². The van der Waals surface area contributed by atoms with Crippen LogP contribution < -0.4 is 5.73 Å². The maximum absolute atomic E-state index is 10.8. The Morgan fingerprint density at radius 2 is 2.29 bits per heavy atom. The molecule has 1 atom stereocenters. The van der Waals surface area contributed by atoms with Crippen molar-refractivity contribution in [2.24, 2.45) is 5.73 Å². The number of aliphatic carboxylic acids is 1. The Kier molecular flexibility index (Phi) is 2.12. The molecule has 3 rings (SSSR count). The summed E-state index contributed by atoms with van der Waals surface area (Å²) in [7, 11) is 0. The van der Waals surface area contributed by atoms with Gasteiger partial charge in [-0.1, -0.05) is 0 Å². The summed E-state index contributed by atoms with van der Waals surface area (Å²) in [6.07, 6.45) is 5.58. The van der Waals surface area contributed by atoms with E-state index in [1.165, 1.54) is 6.20 Å². The topological polar surface area (TPSA) is 94.0 Å². The monoisotopic (exact) mass is 232 g/mol. The van der Waals surface area contributed by atoms with Crippen molar-refractivity contribution in [1.29, 1.82) is 0 Å². The number of carboxylic acids is 1. The summed E-state index contributed by atoms with van der Waals surface area (Å²) in [5, 5.41) is 8.83. The quantitative estimate of drug-likeness (QED) is 0.818. The predicted molar refractivity (Wildman–Crippen MR) is 60.4 cm³/mol. The molecule has 2 aromatic rings. The summed E-state index contributed by atoms with van der Waals surface area (Å²) < 4.78 is 2.03. The Labute approximate surface area is 97.1 Å². The second-order valence-corrected chi connectivity index (χ2v) is 4.31. The second kappa shape index (κ2) is 3.53. The number of pyridine rings is 1. The number of imidazole rings is 1. The van der Waals surface area contributed by atoms with Gasteiger partial charge in [-0.2, -0.15) is 0 Å². The molecule has 3 N–H and O–H groups in total. The van der Waals surface area contributed by atoms with Gasteiger partial charge in [0.25, 0.3) is 0 Å². The van der Waals surface area contributed by atoms with Gasteiger partial charge < -0.3 is 15.4 Å². The number of rotatable bonds is 3. The van der Waals surface area contributed by atoms with Gasteiger partial charge in [-0.25, -0.2) is 9.97 Å². The summed E-state index contributed by atoms with van der Waals surface area (Å²) in [5.74, 6) is -1.06. The predicted octanol–water partition coefficient (Wildman–Crippen LogP) is 0.851. The smallest absolute Gasteiger partial charge is 0.325 e. The Hall–Kier alpha value is -1.95. The lowest BCUT2D eigenvalue weighted by Gasteiger charge is -2.06. The highest BCUT2D eigenvalue weighted by Crippen LogP contribution is 2.36. The van der Waals surface area contributed by atoms with Crippen molar-refractivity contribution in [3.8, 4) is 0 Å². The summed E-state index contributed by atoms with van der Waals surface area (Å²) in [6, 6.07) is 1.16. The van der Waals surface area contributed by atoms with Crippen molar-refractivity contribution in [3.05, 3.63) is 24.2 Å². The highest BCUT2D eigenvalue weighted by atomic mass is 16.4. The van der Waals surface area contributed by atoms with Gasteiger partial charge in [0.05, 0.1) is 6.33 Å². The van der Waals surface area contributed by atoms with Crippen LogP contribution in [-0.4, -0.2) is 25.6 Å². The van der Waals surface area contributed by atoms with Gasteiger partial charge in [0.15, 0.2) is 5.65 Å². The molecule has 0 radical (unpaired) electrons. The molecule has 2 heterocycles. The van der Waals surface area contributed by atoms with Crippen LogP contribution in [0.3, 0.4) is 0 Å². The van der Waals surface area contributed by atoms with Crippen molar-refractivity contribution in [2.45, 2.75) is 24.9 Å². The maximum Gasteiger partial charge on any atom is 0.325 e. The number of carboxylic acid groups (broad SMARTS) is 1. The van der Waals surface area contributed by atoms with Gasteiger partial charge in [-0.15, -0.1) is 0 Å². The van der Waals surface area contributed by atoms with E-state index in [1.54, 1.807) is 12.4 Å². The van der Waals surface area contributed by atoms with Crippen LogP contribution >= 0.6 is 0 Å². The largest absolute Gasteiger partial charge is 0.480 e. The highest BCUT2D eigenvalue weighted by Gasteiger charge is 2.26. The van der Waals surface area contributed by atoms with E-state index in [4.69, 9.17) is 10.8 Å². The van der Waals surface area contributed by atoms with Gasteiger partial charge in [0.2, 0.25) is 0 Å². The van der Waals surface area contributed by atoms with E-state index in [2.05, 4.69) is 9.97 Å². The molecule has 2 aromatic heterocycles. The third-order valence-electron chi connectivity index (χ3n) is 3.00. The molecule has 0 saturated heterocycles. The van der Waals surface area contributed by atoms with Crippen molar-refractivity contribution >= 4 is 17.1 Å². The van der Waals surface area contributed by atoms with E-state index in [9.17, 15) is 4.79 Å². The molecule has 6 nitrogen and oxygen atoms in total. The Morgan fingerprint density at radius 1 is 1.53 bits per heavy atom. The minimum Gasteiger partial charge on any atom is -0.480 e. The number of fused-ring (bicyclic) bond motifs is 1. The molecule has 1 fully saturated rings.